The molecule has 0 unspecified atom stereocenters. The number of nitrogens with two attached hydrogens (primary N) is 1. The first kappa shape index (κ1) is 12.2. The second kappa shape index (κ2) is 7.84. The van der Waals surface area contributed by atoms with Gasteiger partial charge in [0.05, 0.1) is 0 Å². The van der Waals surface area contributed by atoms with Gasteiger partial charge in [0.2, 0.25) is 5.91 Å². The molecule has 0 rings (SSSR count). The van der Waals surface area contributed by atoms with Crippen molar-refractivity contribution in [1.29, 1.82) is 0 Å². The maximum absolute atomic E-state index is 10.8. The van der Waals surface area contributed by atoms with Crippen LogP contribution in [0.15, 0.2) is 11.6 Å². The zero-order valence-electron chi connectivity index (χ0n) is 8.81. The fraction of sp³-hybridized carbons (Fsp3) is 0.727. The minimum Gasteiger partial charge on any atom is -0.366 e. The van der Waals surface area contributed by atoms with Gasteiger partial charge in [-0.05, 0) is 19.3 Å². The summed E-state index contributed by atoms with van der Waals surface area (Å²) in [6, 6.07) is 0. The fourth-order valence-electron chi connectivity index (χ4n) is 1.27. The van der Waals surface area contributed by atoms with Crippen molar-refractivity contribution in [2.24, 2.45) is 5.73 Å². The van der Waals surface area contributed by atoms with Crippen molar-refractivity contribution in [2.75, 3.05) is 0 Å². The topological polar surface area (TPSA) is 43.1 Å². The van der Waals surface area contributed by atoms with Gasteiger partial charge in [-0.3, -0.25) is 4.79 Å². The third kappa shape index (κ3) is 6.38. The molecule has 76 valence electrons. The predicted octanol–water partition coefficient (Wildman–Crippen LogP) is 2.78. The summed E-state index contributed by atoms with van der Waals surface area (Å²) >= 11 is 0. The molecular weight excluding hydrogens is 162 g/mol. The number of amides is 1. The smallest absolute Gasteiger partial charge is 0.244 e. The number of primary amides is 1. The van der Waals surface area contributed by atoms with Crippen LogP contribution < -0.4 is 5.73 Å². The summed E-state index contributed by atoms with van der Waals surface area (Å²) in [5.74, 6) is -0.266. The van der Waals surface area contributed by atoms with Crippen LogP contribution >= 0.6 is 0 Å². The molecule has 2 N–H and O–H groups in total. The SMILES string of the molecule is CCCCCC/C=C(/CC)C(N)=O. The van der Waals surface area contributed by atoms with Crippen molar-refractivity contribution < 1.29 is 4.79 Å². The van der Waals surface area contributed by atoms with Crippen molar-refractivity contribution in [3.8, 4) is 0 Å². The highest BCUT2D eigenvalue weighted by atomic mass is 16.1. The lowest BCUT2D eigenvalue weighted by atomic mass is 10.1. The van der Waals surface area contributed by atoms with E-state index in [4.69, 9.17) is 5.73 Å². The summed E-state index contributed by atoms with van der Waals surface area (Å²) in [6.45, 7) is 4.15. The van der Waals surface area contributed by atoms with Gasteiger partial charge in [0.15, 0.2) is 0 Å². The average molecular weight is 183 g/mol. The van der Waals surface area contributed by atoms with Crippen molar-refractivity contribution in [1.82, 2.24) is 0 Å². The first-order chi connectivity index (χ1) is 6.22. The average Bonchev–Trinajstić information content (AvgIpc) is 2.10. The highest BCUT2D eigenvalue weighted by molar-refractivity contribution is 5.91. The van der Waals surface area contributed by atoms with E-state index in [2.05, 4.69) is 6.92 Å². The lowest BCUT2D eigenvalue weighted by molar-refractivity contribution is -0.114. The largest absolute Gasteiger partial charge is 0.366 e. The normalized spacial score (nSPS) is 11.7. The van der Waals surface area contributed by atoms with E-state index in [9.17, 15) is 4.79 Å². The molecule has 0 saturated carbocycles. The summed E-state index contributed by atoms with van der Waals surface area (Å²) in [5, 5.41) is 0. The van der Waals surface area contributed by atoms with Crippen LogP contribution in [0.1, 0.15) is 52.4 Å². The van der Waals surface area contributed by atoms with Crippen molar-refractivity contribution in [2.45, 2.75) is 52.4 Å². The van der Waals surface area contributed by atoms with Gasteiger partial charge in [-0.25, -0.2) is 0 Å². The minimum atomic E-state index is -0.266. The Labute approximate surface area is 81.2 Å². The van der Waals surface area contributed by atoms with Crippen LogP contribution in [0.2, 0.25) is 0 Å². The number of carbonyl (C=O) groups excluding carboxylic acids is 1. The quantitative estimate of drug-likeness (QED) is 0.478. The second-order valence-electron chi connectivity index (χ2n) is 3.30. The van der Waals surface area contributed by atoms with E-state index in [1.165, 1.54) is 25.7 Å². The zero-order chi connectivity index (χ0) is 10.1. The lowest BCUT2D eigenvalue weighted by Gasteiger charge is -1.99. The first-order valence-electron chi connectivity index (χ1n) is 5.21. The van der Waals surface area contributed by atoms with Gasteiger partial charge in [-0.1, -0.05) is 39.2 Å². The molecule has 0 heterocycles. The highest BCUT2D eigenvalue weighted by Gasteiger charge is 1.99. The molecule has 0 aromatic carbocycles. The third-order valence-electron chi connectivity index (χ3n) is 2.15. The summed E-state index contributed by atoms with van der Waals surface area (Å²) < 4.78 is 0. The molecule has 0 aromatic heterocycles. The molecule has 13 heavy (non-hydrogen) atoms. The van der Waals surface area contributed by atoms with Crippen molar-refractivity contribution >= 4 is 5.91 Å². The van der Waals surface area contributed by atoms with E-state index in [0.29, 0.717) is 0 Å². The van der Waals surface area contributed by atoms with Crippen LogP contribution in [0.3, 0.4) is 0 Å². The first-order valence-corrected chi connectivity index (χ1v) is 5.21. The molecule has 0 aromatic rings. The molecule has 0 fully saturated rings. The Bertz CT molecular complexity index is 173. The van der Waals surface area contributed by atoms with Crippen LogP contribution in [0, 0.1) is 0 Å². The van der Waals surface area contributed by atoms with E-state index < -0.39 is 0 Å². The Morgan fingerprint density at radius 3 is 2.38 bits per heavy atom. The van der Waals surface area contributed by atoms with Gasteiger partial charge in [0.1, 0.15) is 0 Å². The van der Waals surface area contributed by atoms with Crippen LogP contribution in [-0.4, -0.2) is 5.91 Å². The zero-order valence-corrected chi connectivity index (χ0v) is 8.81. The van der Waals surface area contributed by atoms with E-state index in [1.807, 2.05) is 13.0 Å². The molecule has 0 aliphatic heterocycles. The highest BCUT2D eigenvalue weighted by Crippen LogP contribution is 2.07. The maximum Gasteiger partial charge on any atom is 0.244 e. The molecule has 0 spiro atoms. The van der Waals surface area contributed by atoms with Crippen LogP contribution in [0.25, 0.3) is 0 Å². The summed E-state index contributed by atoms with van der Waals surface area (Å²) in [7, 11) is 0. The lowest BCUT2D eigenvalue weighted by Crippen LogP contribution is -2.13. The number of carbonyl (C=O) groups is 1. The second-order valence-corrected chi connectivity index (χ2v) is 3.30. The van der Waals surface area contributed by atoms with Gasteiger partial charge in [0.25, 0.3) is 0 Å². The van der Waals surface area contributed by atoms with E-state index in [0.717, 1.165) is 18.4 Å². The van der Waals surface area contributed by atoms with Gasteiger partial charge in [0, 0.05) is 5.57 Å². The molecule has 0 saturated heterocycles. The Hall–Kier alpha value is -0.790. The van der Waals surface area contributed by atoms with Crippen LogP contribution in [0.4, 0.5) is 0 Å². The molecule has 0 bridgehead atoms. The van der Waals surface area contributed by atoms with Crippen molar-refractivity contribution in [3.05, 3.63) is 11.6 Å². The number of rotatable bonds is 7. The molecule has 0 radical (unpaired) electrons. The predicted molar refractivity (Wildman–Crippen MR) is 56.3 cm³/mol. The van der Waals surface area contributed by atoms with Gasteiger partial charge < -0.3 is 5.73 Å². The number of allylic oxidation sites excluding steroid dienone is 1. The number of unbranched alkanes of at least 4 members (excludes halogenated alkanes) is 4. The van der Waals surface area contributed by atoms with E-state index in [-0.39, 0.29) is 5.91 Å². The van der Waals surface area contributed by atoms with E-state index in [1.54, 1.807) is 0 Å². The Morgan fingerprint density at radius 1 is 1.23 bits per heavy atom. The molecule has 2 nitrogen and oxygen atoms in total. The molecule has 2 heteroatoms. The Morgan fingerprint density at radius 2 is 1.92 bits per heavy atom. The number of hydrogen-bond donors (Lipinski definition) is 1. The molecule has 1 amide bonds. The van der Waals surface area contributed by atoms with Crippen molar-refractivity contribution in [3.63, 3.8) is 0 Å². The van der Waals surface area contributed by atoms with Gasteiger partial charge in [-0.15, -0.1) is 0 Å². The summed E-state index contributed by atoms with van der Waals surface area (Å²) in [6.07, 6.45) is 8.69. The maximum atomic E-state index is 10.8. The Kier molecular flexibility index (Phi) is 7.36. The molecular formula is C11H21NO. The van der Waals surface area contributed by atoms with Crippen LogP contribution in [0.5, 0.6) is 0 Å². The molecule has 0 aliphatic carbocycles. The third-order valence-corrected chi connectivity index (χ3v) is 2.15. The monoisotopic (exact) mass is 183 g/mol. The molecule has 0 aliphatic rings. The fourth-order valence-corrected chi connectivity index (χ4v) is 1.27. The summed E-state index contributed by atoms with van der Waals surface area (Å²) in [4.78, 5) is 10.8. The number of hydrogen-bond acceptors (Lipinski definition) is 1. The van der Waals surface area contributed by atoms with Gasteiger partial charge in [-0.2, -0.15) is 0 Å². The minimum absolute atomic E-state index is 0.266. The van der Waals surface area contributed by atoms with Crippen LogP contribution in [-0.2, 0) is 4.79 Å². The molecule has 0 atom stereocenters. The summed E-state index contributed by atoms with van der Waals surface area (Å²) in [5.41, 5.74) is 5.96. The van der Waals surface area contributed by atoms with Gasteiger partial charge >= 0.3 is 0 Å². The Balaban J connectivity index is 3.61. The standard InChI is InChI=1S/C11H21NO/c1-3-5-6-7-8-9-10(4-2)11(12)13/h9H,3-8H2,1-2H3,(H2,12,13)/b10-9-. The van der Waals surface area contributed by atoms with E-state index >= 15 is 0 Å².